The maximum Gasteiger partial charge on any atom is 0.313 e. The summed E-state index contributed by atoms with van der Waals surface area (Å²) in [4.78, 5) is 22.8. The Bertz CT molecular complexity index is 451. The molecule has 1 aromatic rings. The lowest BCUT2D eigenvalue weighted by Gasteiger charge is -2.25. The summed E-state index contributed by atoms with van der Waals surface area (Å²) < 4.78 is 5.02. The number of esters is 1. The molecular formula is C13H17N3O2. The average Bonchev–Trinajstić information content (AvgIpc) is 2.96. The van der Waals surface area contributed by atoms with Gasteiger partial charge in [-0.05, 0) is 24.8 Å². The second-order valence-corrected chi connectivity index (χ2v) is 5.17. The molecule has 0 aromatic carbocycles. The normalized spacial score (nSPS) is 30.3. The largest absolute Gasteiger partial charge is 0.469 e. The highest BCUT2D eigenvalue weighted by Gasteiger charge is 2.55. The molecule has 5 heteroatoms. The predicted octanol–water partition coefficient (Wildman–Crippen LogP) is 1.26. The minimum Gasteiger partial charge on any atom is -0.469 e. The Morgan fingerprint density at radius 1 is 1.50 bits per heavy atom. The topological polar surface area (TPSA) is 55.3 Å². The molecule has 5 nitrogen and oxygen atoms in total. The first kappa shape index (κ1) is 11.4. The molecule has 2 heterocycles. The van der Waals surface area contributed by atoms with Gasteiger partial charge in [-0.3, -0.25) is 4.79 Å². The van der Waals surface area contributed by atoms with Crippen molar-refractivity contribution in [3.05, 3.63) is 18.5 Å². The van der Waals surface area contributed by atoms with Gasteiger partial charge in [0.15, 0.2) is 0 Å². The van der Waals surface area contributed by atoms with E-state index in [0.29, 0.717) is 12.5 Å². The fourth-order valence-corrected chi connectivity index (χ4v) is 3.43. The highest BCUT2D eigenvalue weighted by molar-refractivity contribution is 5.79. The third-order valence-corrected chi connectivity index (χ3v) is 4.30. The van der Waals surface area contributed by atoms with Crippen LogP contribution in [0.3, 0.4) is 0 Å². The summed E-state index contributed by atoms with van der Waals surface area (Å²) in [5.41, 5.74) is -0.325. The number of aromatic nitrogens is 2. The number of rotatable bonds is 2. The van der Waals surface area contributed by atoms with Gasteiger partial charge >= 0.3 is 5.97 Å². The van der Waals surface area contributed by atoms with E-state index in [1.165, 1.54) is 7.11 Å². The molecule has 1 aliphatic carbocycles. The van der Waals surface area contributed by atoms with Crippen LogP contribution in [0.1, 0.15) is 19.3 Å². The summed E-state index contributed by atoms with van der Waals surface area (Å²) >= 11 is 0. The van der Waals surface area contributed by atoms with Crippen molar-refractivity contribution in [3.63, 3.8) is 0 Å². The smallest absolute Gasteiger partial charge is 0.313 e. The van der Waals surface area contributed by atoms with Crippen LogP contribution in [0.15, 0.2) is 18.5 Å². The Morgan fingerprint density at radius 3 is 3.00 bits per heavy atom. The predicted molar refractivity (Wildman–Crippen MR) is 66.0 cm³/mol. The summed E-state index contributed by atoms with van der Waals surface area (Å²) in [6.07, 6.45) is 6.61. The molecule has 0 radical (unpaired) electrons. The number of anilines is 1. The number of hydrogen-bond donors (Lipinski definition) is 0. The van der Waals surface area contributed by atoms with E-state index in [0.717, 1.165) is 31.8 Å². The van der Waals surface area contributed by atoms with Gasteiger partial charge in [-0.15, -0.1) is 0 Å². The molecule has 1 saturated carbocycles. The van der Waals surface area contributed by atoms with Crippen LogP contribution in [0.4, 0.5) is 5.95 Å². The zero-order chi connectivity index (χ0) is 12.6. The fraction of sp³-hybridized carbons (Fsp3) is 0.615. The molecule has 3 rings (SSSR count). The lowest BCUT2D eigenvalue weighted by molar-refractivity contribution is -0.152. The van der Waals surface area contributed by atoms with Gasteiger partial charge < -0.3 is 9.64 Å². The zero-order valence-electron chi connectivity index (χ0n) is 10.5. The number of methoxy groups -OCH3 is 1. The van der Waals surface area contributed by atoms with E-state index in [2.05, 4.69) is 14.9 Å². The second kappa shape index (κ2) is 4.23. The maximum absolute atomic E-state index is 12.1. The van der Waals surface area contributed by atoms with Gasteiger partial charge in [-0.1, -0.05) is 6.42 Å². The van der Waals surface area contributed by atoms with Crippen molar-refractivity contribution in [2.24, 2.45) is 11.3 Å². The first-order valence-electron chi connectivity index (χ1n) is 6.37. The summed E-state index contributed by atoms with van der Waals surface area (Å²) in [7, 11) is 1.48. The molecule has 2 fully saturated rings. The minimum atomic E-state index is -0.325. The van der Waals surface area contributed by atoms with Crippen molar-refractivity contribution in [3.8, 4) is 0 Å². The molecule has 96 valence electrons. The van der Waals surface area contributed by atoms with Crippen LogP contribution in [-0.2, 0) is 9.53 Å². The van der Waals surface area contributed by atoms with Crippen molar-refractivity contribution in [2.75, 3.05) is 25.1 Å². The first-order valence-corrected chi connectivity index (χ1v) is 6.37. The monoisotopic (exact) mass is 247 g/mol. The van der Waals surface area contributed by atoms with Crippen LogP contribution in [0, 0.1) is 11.3 Å². The number of carbonyl (C=O) groups is 1. The van der Waals surface area contributed by atoms with E-state index in [-0.39, 0.29) is 11.4 Å². The van der Waals surface area contributed by atoms with Gasteiger partial charge in [0, 0.05) is 25.5 Å². The van der Waals surface area contributed by atoms with Gasteiger partial charge in [-0.2, -0.15) is 0 Å². The lowest BCUT2D eigenvalue weighted by atomic mass is 9.81. The molecule has 2 atom stereocenters. The van der Waals surface area contributed by atoms with Crippen molar-refractivity contribution in [1.29, 1.82) is 0 Å². The van der Waals surface area contributed by atoms with Crippen molar-refractivity contribution in [1.82, 2.24) is 9.97 Å². The van der Waals surface area contributed by atoms with Crippen LogP contribution >= 0.6 is 0 Å². The van der Waals surface area contributed by atoms with E-state index in [9.17, 15) is 4.79 Å². The van der Waals surface area contributed by atoms with Crippen LogP contribution in [0.5, 0.6) is 0 Å². The van der Waals surface area contributed by atoms with E-state index in [1.54, 1.807) is 18.5 Å². The Labute approximate surface area is 106 Å². The quantitative estimate of drug-likeness (QED) is 0.736. The number of hydrogen-bond acceptors (Lipinski definition) is 5. The zero-order valence-corrected chi connectivity index (χ0v) is 10.5. The summed E-state index contributed by atoms with van der Waals surface area (Å²) in [6.45, 7) is 1.55. The van der Waals surface area contributed by atoms with Gasteiger partial charge in [0.05, 0.1) is 12.5 Å². The van der Waals surface area contributed by atoms with Crippen molar-refractivity contribution < 1.29 is 9.53 Å². The van der Waals surface area contributed by atoms with Crippen LogP contribution in [0.2, 0.25) is 0 Å². The summed E-state index contributed by atoms with van der Waals surface area (Å²) in [6, 6.07) is 1.80. The van der Waals surface area contributed by atoms with Crippen molar-refractivity contribution >= 4 is 11.9 Å². The van der Waals surface area contributed by atoms with Gasteiger partial charge in [0.1, 0.15) is 0 Å². The molecule has 0 spiro atoms. The highest BCUT2D eigenvalue weighted by atomic mass is 16.5. The molecule has 1 aliphatic heterocycles. The van der Waals surface area contributed by atoms with Gasteiger partial charge in [-0.25, -0.2) is 9.97 Å². The Morgan fingerprint density at radius 2 is 2.28 bits per heavy atom. The Hall–Kier alpha value is -1.65. The van der Waals surface area contributed by atoms with E-state index >= 15 is 0 Å². The lowest BCUT2D eigenvalue weighted by Crippen LogP contribution is -2.37. The summed E-state index contributed by atoms with van der Waals surface area (Å²) in [5.74, 6) is 1.03. The highest BCUT2D eigenvalue weighted by Crippen LogP contribution is 2.49. The molecule has 1 saturated heterocycles. The van der Waals surface area contributed by atoms with E-state index in [1.807, 2.05) is 0 Å². The van der Waals surface area contributed by atoms with Gasteiger partial charge in [0.2, 0.25) is 5.95 Å². The molecule has 2 aliphatic rings. The Kier molecular flexibility index (Phi) is 2.69. The first-order chi connectivity index (χ1) is 8.76. The van der Waals surface area contributed by atoms with Crippen LogP contribution in [-0.4, -0.2) is 36.1 Å². The van der Waals surface area contributed by atoms with Crippen molar-refractivity contribution in [2.45, 2.75) is 19.3 Å². The minimum absolute atomic E-state index is 0.0663. The molecule has 18 heavy (non-hydrogen) atoms. The third kappa shape index (κ3) is 1.57. The third-order valence-electron chi connectivity index (χ3n) is 4.30. The SMILES string of the molecule is COC(=O)C12CCCC1CN(c1ncccn1)C2. The number of fused-ring (bicyclic) bond motifs is 1. The van der Waals surface area contributed by atoms with Gasteiger partial charge in [0.25, 0.3) is 0 Å². The number of nitrogens with zero attached hydrogens (tertiary/aromatic N) is 3. The molecule has 0 N–H and O–H groups in total. The number of ether oxygens (including phenoxy) is 1. The molecule has 2 unspecified atom stereocenters. The summed E-state index contributed by atoms with van der Waals surface area (Å²) in [5, 5.41) is 0. The molecular weight excluding hydrogens is 230 g/mol. The molecule has 1 aromatic heterocycles. The van der Waals surface area contributed by atoms with Crippen LogP contribution in [0.25, 0.3) is 0 Å². The maximum atomic E-state index is 12.1. The molecule has 0 bridgehead atoms. The second-order valence-electron chi connectivity index (χ2n) is 5.17. The Balaban J connectivity index is 1.87. The standard InChI is InChI=1S/C13H17N3O2/c1-18-11(17)13-5-2-4-10(13)8-16(9-13)12-14-6-3-7-15-12/h3,6-7,10H,2,4-5,8-9H2,1H3. The van der Waals surface area contributed by atoms with E-state index in [4.69, 9.17) is 4.74 Å². The number of carbonyl (C=O) groups excluding carboxylic acids is 1. The fourth-order valence-electron chi connectivity index (χ4n) is 3.43. The van der Waals surface area contributed by atoms with Crippen LogP contribution < -0.4 is 4.90 Å². The van der Waals surface area contributed by atoms with E-state index < -0.39 is 0 Å². The molecule has 0 amide bonds. The average molecular weight is 247 g/mol.